The lowest BCUT2D eigenvalue weighted by Gasteiger charge is -2.30. The van der Waals surface area contributed by atoms with Gasteiger partial charge in [-0.2, -0.15) is 0 Å². The van der Waals surface area contributed by atoms with Gasteiger partial charge in [0.25, 0.3) is 0 Å². The summed E-state index contributed by atoms with van der Waals surface area (Å²) in [6, 6.07) is 9.97. The van der Waals surface area contributed by atoms with Gasteiger partial charge in [-0.15, -0.1) is 11.8 Å². The van der Waals surface area contributed by atoms with E-state index in [-0.39, 0.29) is 10.1 Å². The number of halogens is 2. The van der Waals surface area contributed by atoms with Crippen LogP contribution in [0.5, 0.6) is 0 Å². The third-order valence-corrected chi connectivity index (χ3v) is 8.05. The summed E-state index contributed by atoms with van der Waals surface area (Å²) in [5, 5.41) is -0.155. The highest BCUT2D eigenvalue weighted by Crippen LogP contribution is 2.49. The first kappa shape index (κ1) is 21.7. The first-order valence-corrected chi connectivity index (χ1v) is 12.4. The molecule has 2 fully saturated rings. The lowest BCUT2D eigenvalue weighted by molar-refractivity contribution is -0.145. The molecule has 0 spiro atoms. The van der Waals surface area contributed by atoms with E-state index in [4.69, 9.17) is 14.2 Å². The number of hydrogen-bond donors (Lipinski definition) is 0. The van der Waals surface area contributed by atoms with Crippen molar-refractivity contribution in [2.45, 2.75) is 28.5 Å². The summed E-state index contributed by atoms with van der Waals surface area (Å²) in [5.74, 6) is -1.87. The van der Waals surface area contributed by atoms with Gasteiger partial charge in [-0.25, -0.2) is 17.2 Å². The topological polar surface area (TPSA) is 65.1 Å². The van der Waals surface area contributed by atoms with E-state index in [0.717, 1.165) is 12.3 Å². The van der Waals surface area contributed by atoms with E-state index in [1.807, 2.05) is 6.92 Å². The Hall–Kier alpha value is -1.52. The number of epoxide rings is 1. The van der Waals surface area contributed by atoms with Crippen LogP contribution < -0.4 is 0 Å². The molecule has 0 aliphatic carbocycles. The van der Waals surface area contributed by atoms with Gasteiger partial charge in [0.05, 0.1) is 30.5 Å². The van der Waals surface area contributed by atoms with Crippen LogP contribution in [0.2, 0.25) is 0 Å². The van der Waals surface area contributed by atoms with Crippen LogP contribution in [-0.2, 0) is 35.4 Å². The Bertz CT molecular complexity index is 1030. The van der Waals surface area contributed by atoms with Crippen LogP contribution in [0.4, 0.5) is 8.78 Å². The third kappa shape index (κ3) is 4.01. The fourth-order valence-electron chi connectivity index (χ4n) is 3.63. The van der Waals surface area contributed by atoms with Gasteiger partial charge < -0.3 is 14.2 Å². The number of ether oxygens (including phenoxy) is 3. The van der Waals surface area contributed by atoms with E-state index in [2.05, 4.69) is 0 Å². The monoisotopic (exact) mass is 456 g/mol. The Morgan fingerprint density at radius 3 is 2.23 bits per heavy atom. The van der Waals surface area contributed by atoms with Crippen molar-refractivity contribution in [3.8, 4) is 0 Å². The highest BCUT2D eigenvalue weighted by atomic mass is 32.2. The number of rotatable bonds is 7. The van der Waals surface area contributed by atoms with Crippen LogP contribution in [-0.4, -0.2) is 45.5 Å². The second kappa shape index (κ2) is 7.87. The third-order valence-electron chi connectivity index (χ3n) is 5.50. The van der Waals surface area contributed by atoms with Crippen molar-refractivity contribution < 1.29 is 31.4 Å². The van der Waals surface area contributed by atoms with Gasteiger partial charge in [-0.05, 0) is 18.2 Å². The minimum Gasteiger partial charge on any atom is -0.363 e. The molecule has 30 heavy (non-hydrogen) atoms. The molecule has 2 aromatic carbocycles. The van der Waals surface area contributed by atoms with Crippen molar-refractivity contribution in [1.82, 2.24) is 0 Å². The molecule has 0 aromatic heterocycles. The molecule has 0 radical (unpaired) electrons. The molecular formula is C21H22F2O5S2. The van der Waals surface area contributed by atoms with Gasteiger partial charge in [-0.3, -0.25) is 0 Å². The van der Waals surface area contributed by atoms with E-state index < -0.39 is 32.9 Å². The molecule has 2 heterocycles. The van der Waals surface area contributed by atoms with Crippen molar-refractivity contribution in [2.24, 2.45) is 0 Å². The van der Waals surface area contributed by atoms with Crippen LogP contribution in [0.15, 0.2) is 47.4 Å². The average Bonchev–Trinajstić information content (AvgIpc) is 3.36. The summed E-state index contributed by atoms with van der Waals surface area (Å²) in [5.41, 5.74) is 0.233. The molecule has 2 atom stereocenters. The quantitative estimate of drug-likeness (QED) is 0.593. The molecule has 2 aliphatic heterocycles. The summed E-state index contributed by atoms with van der Waals surface area (Å²) >= 11 is 1.50. The van der Waals surface area contributed by atoms with Crippen molar-refractivity contribution in [3.63, 3.8) is 0 Å². The lowest BCUT2D eigenvalue weighted by Crippen LogP contribution is -2.33. The predicted octanol–water partition coefficient (Wildman–Crippen LogP) is 3.62. The summed E-state index contributed by atoms with van der Waals surface area (Å²) in [6.45, 7) is 3.10. The van der Waals surface area contributed by atoms with Gasteiger partial charge in [0.1, 0.15) is 17.2 Å². The van der Waals surface area contributed by atoms with E-state index >= 15 is 0 Å². The Balaban J connectivity index is 1.53. The zero-order valence-corrected chi connectivity index (χ0v) is 18.2. The molecule has 0 N–H and O–H groups in total. The van der Waals surface area contributed by atoms with Gasteiger partial charge in [0.2, 0.25) is 5.79 Å². The van der Waals surface area contributed by atoms with Crippen LogP contribution in [0, 0.1) is 11.6 Å². The number of thioether (sulfide) groups is 1. The van der Waals surface area contributed by atoms with Crippen molar-refractivity contribution in [2.75, 3.05) is 31.8 Å². The van der Waals surface area contributed by atoms with E-state index in [0.29, 0.717) is 36.7 Å². The van der Waals surface area contributed by atoms with Gasteiger partial charge in [0.15, 0.2) is 9.84 Å². The second-order valence-electron chi connectivity index (χ2n) is 7.50. The van der Waals surface area contributed by atoms with E-state index in [1.165, 1.54) is 36.0 Å². The molecule has 2 unspecified atom stereocenters. The average molecular weight is 457 g/mol. The zero-order chi connectivity index (χ0) is 21.6. The van der Waals surface area contributed by atoms with E-state index in [1.54, 1.807) is 12.1 Å². The molecule has 2 aromatic rings. The lowest BCUT2D eigenvalue weighted by atomic mass is 9.96. The maximum atomic E-state index is 14.3. The van der Waals surface area contributed by atoms with Gasteiger partial charge >= 0.3 is 0 Å². The van der Waals surface area contributed by atoms with Gasteiger partial charge in [0, 0.05) is 28.7 Å². The van der Waals surface area contributed by atoms with Crippen molar-refractivity contribution in [1.29, 1.82) is 0 Å². The van der Waals surface area contributed by atoms with E-state index in [9.17, 15) is 17.2 Å². The molecule has 0 amide bonds. The summed E-state index contributed by atoms with van der Waals surface area (Å²) < 4.78 is 68.6. The molecule has 162 valence electrons. The van der Waals surface area contributed by atoms with Gasteiger partial charge in [-0.1, -0.05) is 25.1 Å². The Kier molecular flexibility index (Phi) is 5.69. The van der Waals surface area contributed by atoms with Crippen LogP contribution in [0.1, 0.15) is 18.1 Å². The summed E-state index contributed by atoms with van der Waals surface area (Å²) in [4.78, 5) is 0.220. The standard InChI is InChI=1S/C21H22F2O5S2/c1-14(20(12-28-20)18-8-5-16(22)11-19(18)23)29-13-21(26-9-10-27-21)15-3-6-17(7-4-15)30(2,24)25/h3-8,11,14H,9-10,12-13H2,1-2H3. The molecule has 4 rings (SSSR count). The summed E-state index contributed by atoms with van der Waals surface area (Å²) in [6.07, 6.45) is 1.15. The maximum absolute atomic E-state index is 14.3. The highest BCUT2D eigenvalue weighted by molar-refractivity contribution is 8.00. The number of benzene rings is 2. The molecule has 2 aliphatic rings. The van der Waals surface area contributed by atoms with Crippen LogP contribution >= 0.6 is 11.8 Å². The first-order chi connectivity index (χ1) is 14.2. The fourth-order valence-corrected chi connectivity index (χ4v) is 5.60. The molecule has 5 nitrogen and oxygen atoms in total. The summed E-state index contributed by atoms with van der Waals surface area (Å²) in [7, 11) is -3.30. The fraction of sp³-hybridized carbons (Fsp3) is 0.429. The zero-order valence-electron chi connectivity index (χ0n) is 16.6. The smallest absolute Gasteiger partial charge is 0.204 e. The molecule has 9 heteroatoms. The maximum Gasteiger partial charge on any atom is 0.204 e. The number of hydrogen-bond acceptors (Lipinski definition) is 6. The Morgan fingerprint density at radius 2 is 1.70 bits per heavy atom. The molecule has 2 saturated heterocycles. The minimum absolute atomic E-state index is 0.155. The largest absolute Gasteiger partial charge is 0.363 e. The molecule has 0 saturated carbocycles. The highest BCUT2D eigenvalue weighted by Gasteiger charge is 2.54. The first-order valence-electron chi connectivity index (χ1n) is 9.46. The molecular weight excluding hydrogens is 434 g/mol. The van der Waals surface area contributed by atoms with Crippen LogP contribution in [0.3, 0.4) is 0 Å². The second-order valence-corrected chi connectivity index (χ2v) is 10.8. The minimum atomic E-state index is -3.30. The van der Waals surface area contributed by atoms with Crippen molar-refractivity contribution >= 4 is 21.6 Å². The predicted molar refractivity (Wildman–Crippen MR) is 109 cm³/mol. The SMILES string of the molecule is CC(SCC1(c2ccc(S(C)(=O)=O)cc2)OCCO1)C1(c2ccc(F)cc2F)CO1. The van der Waals surface area contributed by atoms with Crippen LogP contribution in [0.25, 0.3) is 0 Å². The Morgan fingerprint density at radius 1 is 1.07 bits per heavy atom. The Labute approximate surface area is 178 Å². The number of sulfone groups is 1. The van der Waals surface area contributed by atoms with Crippen molar-refractivity contribution in [3.05, 3.63) is 65.2 Å². The normalized spacial score (nSPS) is 24.0. The molecule has 0 bridgehead atoms.